The summed E-state index contributed by atoms with van der Waals surface area (Å²) in [6, 6.07) is 5.56. The lowest BCUT2D eigenvalue weighted by Gasteiger charge is -2.32. The molecule has 2 aromatic heterocycles. The number of amides is 3. The SMILES string of the molecule is CN(C)CC(=O)NC1CCN(C(=O)c2ccc(NC(=O)c3ncc(-c4cc(F)c(N(C)C)nc4F)n3C)cc2Cl)CC1. The number of hydrogen-bond acceptors (Lipinski definition) is 7. The first-order chi connectivity index (χ1) is 19.8. The molecule has 14 heteroatoms. The number of rotatable bonds is 8. The molecule has 0 aliphatic carbocycles. The van der Waals surface area contributed by atoms with Gasteiger partial charge in [0.1, 0.15) is 0 Å². The predicted octanol–water partition coefficient (Wildman–Crippen LogP) is 3.01. The summed E-state index contributed by atoms with van der Waals surface area (Å²) in [5, 5.41) is 5.82. The number of likely N-dealkylation sites (tertiary alicyclic amines) is 1. The van der Waals surface area contributed by atoms with Crippen molar-refractivity contribution >= 4 is 40.8 Å². The summed E-state index contributed by atoms with van der Waals surface area (Å²) in [4.78, 5) is 50.7. The van der Waals surface area contributed by atoms with Crippen LogP contribution in [0.25, 0.3) is 11.3 Å². The molecule has 3 heterocycles. The number of piperidine rings is 1. The van der Waals surface area contributed by atoms with Crippen LogP contribution in [0.5, 0.6) is 0 Å². The number of benzene rings is 1. The first-order valence-electron chi connectivity index (χ1n) is 13.3. The van der Waals surface area contributed by atoms with Crippen molar-refractivity contribution < 1.29 is 23.2 Å². The van der Waals surface area contributed by atoms with Crippen LogP contribution in [0.2, 0.25) is 5.02 Å². The number of nitrogens with one attached hydrogen (secondary N) is 2. The van der Waals surface area contributed by atoms with E-state index in [1.165, 1.54) is 34.8 Å². The molecule has 0 spiro atoms. The van der Waals surface area contributed by atoms with Crippen LogP contribution in [-0.2, 0) is 11.8 Å². The number of nitrogens with zero attached hydrogens (tertiary/aromatic N) is 6. The Balaban J connectivity index is 1.41. The summed E-state index contributed by atoms with van der Waals surface area (Å²) in [6.07, 6.45) is 2.53. The summed E-state index contributed by atoms with van der Waals surface area (Å²) < 4.78 is 30.5. The molecule has 1 fully saturated rings. The number of imidazole rings is 1. The van der Waals surface area contributed by atoms with E-state index in [4.69, 9.17) is 11.6 Å². The molecule has 1 aromatic carbocycles. The van der Waals surface area contributed by atoms with E-state index in [-0.39, 0.29) is 51.3 Å². The highest BCUT2D eigenvalue weighted by Crippen LogP contribution is 2.28. The number of carbonyl (C=O) groups is 3. The Bertz CT molecular complexity index is 1500. The molecule has 3 aromatic rings. The first kappa shape index (κ1) is 30.8. The first-order valence-corrected chi connectivity index (χ1v) is 13.6. The van der Waals surface area contributed by atoms with Gasteiger partial charge in [-0.25, -0.2) is 9.37 Å². The van der Waals surface area contributed by atoms with Crippen LogP contribution in [-0.4, -0.2) is 95.9 Å². The highest BCUT2D eigenvalue weighted by molar-refractivity contribution is 6.34. The van der Waals surface area contributed by atoms with Gasteiger partial charge < -0.3 is 29.9 Å². The van der Waals surface area contributed by atoms with Crippen molar-refractivity contribution in [3.63, 3.8) is 0 Å². The van der Waals surface area contributed by atoms with E-state index in [9.17, 15) is 23.2 Å². The Labute approximate surface area is 247 Å². The van der Waals surface area contributed by atoms with Crippen LogP contribution < -0.4 is 15.5 Å². The third-order valence-electron chi connectivity index (χ3n) is 6.87. The number of pyridine rings is 1. The number of anilines is 2. The topological polar surface area (TPSA) is 116 Å². The van der Waals surface area contributed by atoms with Crippen LogP contribution in [0.15, 0.2) is 30.5 Å². The Kier molecular flexibility index (Phi) is 9.42. The molecule has 1 saturated heterocycles. The fourth-order valence-electron chi connectivity index (χ4n) is 4.73. The molecule has 11 nitrogen and oxygen atoms in total. The standard InChI is InChI=1S/C28H33ClF2N8O3/c1-36(2)15-23(40)33-16-8-10-39(11-9-16)28(42)18-7-6-17(12-20(18)29)34-27(41)26-32-14-22(38(26)5)19-13-21(30)25(37(3)4)35-24(19)31/h6-7,12-14,16H,8-11,15H2,1-5H3,(H,33,40)(H,34,41). The molecule has 0 radical (unpaired) electrons. The lowest BCUT2D eigenvalue weighted by atomic mass is 10.0. The molecule has 1 aliphatic heterocycles. The fraction of sp³-hybridized carbons (Fsp3) is 0.393. The summed E-state index contributed by atoms with van der Waals surface area (Å²) in [5.41, 5.74) is 0.630. The van der Waals surface area contributed by atoms with Crippen LogP contribution in [0.1, 0.15) is 33.8 Å². The van der Waals surface area contributed by atoms with Crippen molar-refractivity contribution in [1.82, 2.24) is 29.7 Å². The zero-order chi connectivity index (χ0) is 30.7. The van der Waals surface area contributed by atoms with Crippen molar-refractivity contribution in [2.24, 2.45) is 7.05 Å². The second-order valence-electron chi connectivity index (χ2n) is 10.6. The van der Waals surface area contributed by atoms with Crippen molar-refractivity contribution in [3.05, 3.63) is 58.6 Å². The van der Waals surface area contributed by atoms with E-state index in [0.717, 1.165) is 6.07 Å². The average molecular weight is 603 g/mol. The Morgan fingerprint density at radius 2 is 1.79 bits per heavy atom. The summed E-state index contributed by atoms with van der Waals surface area (Å²) in [5.74, 6) is -2.74. The van der Waals surface area contributed by atoms with Gasteiger partial charge in [0.2, 0.25) is 11.9 Å². The Morgan fingerprint density at radius 3 is 2.40 bits per heavy atom. The van der Waals surface area contributed by atoms with E-state index in [2.05, 4.69) is 20.6 Å². The minimum Gasteiger partial charge on any atom is -0.360 e. The van der Waals surface area contributed by atoms with Gasteiger partial charge in [-0.3, -0.25) is 14.4 Å². The normalized spacial score (nSPS) is 13.8. The van der Waals surface area contributed by atoms with Gasteiger partial charge >= 0.3 is 0 Å². The molecular weight excluding hydrogens is 570 g/mol. The van der Waals surface area contributed by atoms with Crippen molar-refractivity contribution in [3.8, 4) is 11.3 Å². The van der Waals surface area contributed by atoms with Crippen LogP contribution in [0.4, 0.5) is 20.3 Å². The van der Waals surface area contributed by atoms with Gasteiger partial charge in [-0.2, -0.15) is 9.37 Å². The second-order valence-corrected chi connectivity index (χ2v) is 11.0. The zero-order valence-corrected chi connectivity index (χ0v) is 24.8. The maximum absolute atomic E-state index is 14.7. The van der Waals surface area contributed by atoms with Gasteiger partial charge in [0, 0.05) is 46.0 Å². The van der Waals surface area contributed by atoms with E-state index in [0.29, 0.717) is 38.2 Å². The van der Waals surface area contributed by atoms with E-state index >= 15 is 0 Å². The quantitative estimate of drug-likeness (QED) is 0.381. The molecule has 224 valence electrons. The summed E-state index contributed by atoms with van der Waals surface area (Å²) in [7, 11) is 8.24. The Hall–Kier alpha value is -4.10. The van der Waals surface area contributed by atoms with Gasteiger partial charge in [0.05, 0.1) is 34.6 Å². The fourth-order valence-corrected chi connectivity index (χ4v) is 4.99. The number of hydrogen-bond donors (Lipinski definition) is 2. The number of likely N-dealkylation sites (N-methyl/N-ethyl adjacent to an activating group) is 1. The Morgan fingerprint density at radius 1 is 1.10 bits per heavy atom. The number of aromatic nitrogens is 3. The molecular formula is C28H33ClF2N8O3. The van der Waals surface area contributed by atoms with Crippen molar-refractivity contribution in [2.75, 3.05) is 58.0 Å². The summed E-state index contributed by atoms with van der Waals surface area (Å²) >= 11 is 6.43. The van der Waals surface area contributed by atoms with Crippen LogP contribution in [0.3, 0.4) is 0 Å². The van der Waals surface area contributed by atoms with Crippen LogP contribution >= 0.6 is 11.6 Å². The van der Waals surface area contributed by atoms with Crippen molar-refractivity contribution in [2.45, 2.75) is 18.9 Å². The zero-order valence-electron chi connectivity index (χ0n) is 24.0. The molecule has 0 unspecified atom stereocenters. The van der Waals surface area contributed by atoms with Gasteiger partial charge in [0.15, 0.2) is 17.5 Å². The molecule has 3 amide bonds. The largest absolute Gasteiger partial charge is 0.360 e. The number of carbonyl (C=O) groups excluding carboxylic acids is 3. The average Bonchev–Trinajstić information content (AvgIpc) is 3.30. The van der Waals surface area contributed by atoms with Crippen molar-refractivity contribution in [1.29, 1.82) is 0 Å². The minimum atomic E-state index is -0.902. The molecule has 0 bridgehead atoms. The van der Waals surface area contributed by atoms with E-state index in [1.807, 2.05) is 14.1 Å². The maximum Gasteiger partial charge on any atom is 0.291 e. The predicted molar refractivity (Wildman–Crippen MR) is 156 cm³/mol. The third-order valence-corrected chi connectivity index (χ3v) is 7.18. The molecule has 0 atom stereocenters. The monoisotopic (exact) mass is 602 g/mol. The van der Waals surface area contributed by atoms with E-state index < -0.39 is 17.7 Å². The lowest BCUT2D eigenvalue weighted by molar-refractivity contribution is -0.122. The smallest absolute Gasteiger partial charge is 0.291 e. The van der Waals surface area contributed by atoms with Gasteiger partial charge in [0.25, 0.3) is 11.8 Å². The molecule has 0 saturated carbocycles. The number of halogens is 3. The van der Waals surface area contributed by atoms with Gasteiger partial charge in [-0.05, 0) is 51.2 Å². The molecule has 42 heavy (non-hydrogen) atoms. The minimum absolute atomic E-state index is 0.00499. The van der Waals surface area contributed by atoms with Crippen LogP contribution in [0, 0.1) is 11.8 Å². The lowest BCUT2D eigenvalue weighted by Crippen LogP contribution is -2.48. The maximum atomic E-state index is 14.7. The van der Waals surface area contributed by atoms with E-state index in [1.54, 1.807) is 30.0 Å². The highest BCUT2D eigenvalue weighted by Gasteiger charge is 2.26. The second kappa shape index (κ2) is 12.8. The van der Waals surface area contributed by atoms with Gasteiger partial charge in [-0.1, -0.05) is 11.6 Å². The highest BCUT2D eigenvalue weighted by atomic mass is 35.5. The summed E-state index contributed by atoms with van der Waals surface area (Å²) in [6.45, 7) is 1.25. The molecule has 2 N–H and O–H groups in total. The third kappa shape index (κ3) is 6.85. The van der Waals surface area contributed by atoms with Gasteiger partial charge in [-0.15, -0.1) is 0 Å². The molecule has 4 rings (SSSR count). The molecule has 1 aliphatic rings.